The first-order valence-electron chi connectivity index (χ1n) is 12.0. The van der Waals surface area contributed by atoms with E-state index in [1.807, 2.05) is 0 Å². The van der Waals surface area contributed by atoms with Crippen molar-refractivity contribution in [1.82, 2.24) is 14.9 Å². The zero-order valence-corrected chi connectivity index (χ0v) is 22.0. The lowest BCUT2D eigenvalue weighted by molar-refractivity contribution is -0.137. The minimum atomic E-state index is -4.76. The SMILES string of the molecule is COc1cc(P2(=O)CCN(C3CC3)CC2)ccc1Nc1ncc(C(F)(F)F)c(Nc2ccc(F)cc2Cl)n1. The van der Waals surface area contributed by atoms with Crippen LogP contribution in [-0.2, 0) is 10.7 Å². The number of halogens is 5. The van der Waals surface area contributed by atoms with Crippen LogP contribution in [0.3, 0.4) is 0 Å². The maximum Gasteiger partial charge on any atom is 0.421 e. The predicted octanol–water partition coefficient (Wildman–Crippen LogP) is 6.25. The largest absolute Gasteiger partial charge is 0.495 e. The van der Waals surface area contributed by atoms with Gasteiger partial charge in [-0.3, -0.25) is 4.90 Å². The first kappa shape index (κ1) is 26.7. The molecule has 5 rings (SSSR count). The summed E-state index contributed by atoms with van der Waals surface area (Å²) >= 11 is 5.99. The number of rotatable bonds is 7. The van der Waals surface area contributed by atoms with Gasteiger partial charge in [-0.1, -0.05) is 11.6 Å². The van der Waals surface area contributed by atoms with Crippen molar-refractivity contribution in [2.45, 2.75) is 25.1 Å². The molecule has 2 aliphatic rings. The smallest absolute Gasteiger partial charge is 0.421 e. The second-order valence-corrected chi connectivity index (χ2v) is 12.9. The van der Waals surface area contributed by atoms with E-state index in [1.54, 1.807) is 18.2 Å². The molecule has 1 saturated carbocycles. The van der Waals surface area contributed by atoms with E-state index in [2.05, 4.69) is 25.5 Å². The Morgan fingerprint density at radius 2 is 1.79 bits per heavy atom. The summed E-state index contributed by atoms with van der Waals surface area (Å²) in [4.78, 5) is 10.2. The van der Waals surface area contributed by atoms with Gasteiger partial charge in [-0.05, 0) is 49.2 Å². The Balaban J connectivity index is 1.40. The molecule has 0 unspecified atom stereocenters. The molecule has 2 heterocycles. The first-order valence-corrected chi connectivity index (χ1v) is 14.5. The van der Waals surface area contributed by atoms with E-state index in [0.717, 1.165) is 25.2 Å². The third-order valence-corrected chi connectivity index (χ3v) is 10.1. The predicted molar refractivity (Wildman–Crippen MR) is 140 cm³/mol. The number of methoxy groups -OCH3 is 1. The molecular formula is C25H25ClF4N5O2P. The Morgan fingerprint density at radius 1 is 1.08 bits per heavy atom. The molecule has 2 fully saturated rings. The maximum absolute atomic E-state index is 13.7. The molecule has 1 aliphatic heterocycles. The van der Waals surface area contributed by atoms with Crippen molar-refractivity contribution in [2.24, 2.45) is 0 Å². The Hall–Kier alpha value is -2.88. The third kappa shape index (κ3) is 5.75. The van der Waals surface area contributed by atoms with Gasteiger partial charge < -0.3 is 19.9 Å². The maximum atomic E-state index is 13.7. The summed E-state index contributed by atoms with van der Waals surface area (Å²) in [5.41, 5.74) is -0.686. The van der Waals surface area contributed by atoms with Crippen molar-refractivity contribution in [1.29, 1.82) is 0 Å². The van der Waals surface area contributed by atoms with Gasteiger partial charge in [0.15, 0.2) is 0 Å². The molecule has 7 nitrogen and oxygen atoms in total. The van der Waals surface area contributed by atoms with Crippen molar-refractivity contribution in [3.8, 4) is 5.75 Å². The highest BCUT2D eigenvalue weighted by molar-refractivity contribution is 7.71. The van der Waals surface area contributed by atoms with Crippen LogP contribution in [0.15, 0.2) is 42.6 Å². The van der Waals surface area contributed by atoms with Gasteiger partial charge in [0.2, 0.25) is 5.95 Å². The van der Waals surface area contributed by atoms with E-state index in [9.17, 15) is 22.1 Å². The Labute approximate surface area is 221 Å². The second-order valence-electron chi connectivity index (χ2n) is 9.32. The number of aromatic nitrogens is 2. The summed E-state index contributed by atoms with van der Waals surface area (Å²) in [6.45, 7) is 1.61. The highest BCUT2D eigenvalue weighted by atomic mass is 35.5. The summed E-state index contributed by atoms with van der Waals surface area (Å²) < 4.78 is 73.5. The quantitative estimate of drug-likeness (QED) is 0.257. The minimum Gasteiger partial charge on any atom is -0.495 e. The minimum absolute atomic E-state index is 0.0441. The van der Waals surface area contributed by atoms with Crippen molar-refractivity contribution in [2.75, 3.05) is 43.2 Å². The Bertz CT molecular complexity index is 1390. The average Bonchev–Trinajstić information content (AvgIpc) is 3.71. The first-order chi connectivity index (χ1) is 18.1. The molecule has 0 bridgehead atoms. The molecule has 0 amide bonds. The number of alkyl halides is 3. The van der Waals surface area contributed by atoms with Gasteiger partial charge in [0.25, 0.3) is 0 Å². The number of ether oxygens (including phenoxy) is 1. The van der Waals surface area contributed by atoms with Gasteiger partial charge in [-0.2, -0.15) is 18.2 Å². The van der Waals surface area contributed by atoms with Crippen LogP contribution in [0.25, 0.3) is 0 Å². The standard InChI is InChI=1S/C25H25ClF4N5O2P/c1-37-22-13-17(38(36)10-8-35(9-11-38)16-3-4-16)5-7-21(22)33-24-31-14-18(25(28,29)30)23(34-24)32-20-6-2-15(27)12-19(20)26/h2,5-7,12-14,16H,3-4,8-11H2,1H3,(H2,31,32,33,34). The van der Waals surface area contributed by atoms with Crippen LogP contribution in [0.4, 0.5) is 40.7 Å². The molecule has 1 aliphatic carbocycles. The van der Waals surface area contributed by atoms with Crippen molar-refractivity contribution < 1.29 is 26.9 Å². The molecule has 0 atom stereocenters. The van der Waals surface area contributed by atoms with Crippen LogP contribution in [-0.4, -0.2) is 53.4 Å². The second kappa shape index (κ2) is 10.4. The van der Waals surface area contributed by atoms with E-state index < -0.39 is 30.5 Å². The number of benzene rings is 2. The molecule has 3 aromatic rings. The molecule has 0 spiro atoms. The Morgan fingerprint density at radius 3 is 2.42 bits per heavy atom. The van der Waals surface area contributed by atoms with Gasteiger partial charge in [-0.15, -0.1) is 0 Å². The monoisotopic (exact) mass is 569 g/mol. The molecular weight excluding hydrogens is 545 g/mol. The average molecular weight is 570 g/mol. The lowest BCUT2D eigenvalue weighted by Crippen LogP contribution is -2.38. The number of hydrogen-bond donors (Lipinski definition) is 2. The molecule has 0 radical (unpaired) electrons. The highest BCUT2D eigenvalue weighted by Crippen LogP contribution is 2.49. The van der Waals surface area contributed by atoms with Crippen LogP contribution in [0.2, 0.25) is 5.02 Å². The van der Waals surface area contributed by atoms with Gasteiger partial charge in [0, 0.05) is 43.0 Å². The van der Waals surface area contributed by atoms with E-state index in [-0.39, 0.29) is 16.7 Å². The lowest BCUT2D eigenvalue weighted by atomic mass is 10.2. The number of hydrogen-bond acceptors (Lipinski definition) is 7. The van der Waals surface area contributed by atoms with E-state index in [1.165, 1.54) is 26.0 Å². The number of nitrogens with one attached hydrogen (secondary N) is 2. The van der Waals surface area contributed by atoms with E-state index in [4.69, 9.17) is 16.3 Å². The van der Waals surface area contributed by atoms with Crippen LogP contribution < -0.4 is 20.7 Å². The molecule has 202 valence electrons. The topological polar surface area (TPSA) is 79.4 Å². The van der Waals surface area contributed by atoms with Crippen molar-refractivity contribution >= 4 is 47.2 Å². The molecule has 1 saturated heterocycles. The molecule has 13 heteroatoms. The summed E-state index contributed by atoms with van der Waals surface area (Å²) in [6.07, 6.45) is -0.502. The highest BCUT2D eigenvalue weighted by Gasteiger charge is 2.37. The van der Waals surface area contributed by atoms with Gasteiger partial charge in [-0.25, -0.2) is 9.37 Å². The normalized spacial score (nSPS) is 17.7. The fourth-order valence-corrected chi connectivity index (χ4v) is 7.30. The zero-order valence-electron chi connectivity index (χ0n) is 20.4. The number of anilines is 4. The van der Waals surface area contributed by atoms with Gasteiger partial charge in [0.05, 0.1) is 23.5 Å². The molecule has 2 aromatic carbocycles. The summed E-state index contributed by atoms with van der Waals surface area (Å²) in [7, 11) is -1.14. The van der Waals surface area contributed by atoms with E-state index >= 15 is 0 Å². The van der Waals surface area contributed by atoms with Crippen LogP contribution in [0.1, 0.15) is 18.4 Å². The van der Waals surface area contributed by atoms with Gasteiger partial charge >= 0.3 is 6.18 Å². The van der Waals surface area contributed by atoms with Crippen molar-refractivity contribution in [3.05, 3.63) is 59.0 Å². The fraction of sp³-hybridized carbons (Fsp3) is 0.360. The third-order valence-electron chi connectivity index (χ3n) is 6.74. The summed E-state index contributed by atoms with van der Waals surface area (Å²) in [5.74, 6) is -0.977. The lowest BCUT2D eigenvalue weighted by Gasteiger charge is -2.32. The number of nitrogens with zero attached hydrogens (tertiary/aromatic N) is 3. The summed E-state index contributed by atoms with van der Waals surface area (Å²) in [5, 5.41) is 6.00. The molecule has 2 N–H and O–H groups in total. The van der Waals surface area contributed by atoms with Crippen LogP contribution in [0, 0.1) is 5.82 Å². The van der Waals surface area contributed by atoms with Crippen LogP contribution in [0.5, 0.6) is 5.75 Å². The van der Waals surface area contributed by atoms with Crippen LogP contribution >= 0.6 is 18.7 Å². The zero-order chi connectivity index (χ0) is 27.1. The molecule has 1 aromatic heterocycles. The summed E-state index contributed by atoms with van der Waals surface area (Å²) in [6, 6.07) is 9.00. The molecule has 38 heavy (non-hydrogen) atoms. The van der Waals surface area contributed by atoms with Crippen molar-refractivity contribution in [3.63, 3.8) is 0 Å². The Kier molecular flexibility index (Phi) is 7.28. The fourth-order valence-electron chi connectivity index (χ4n) is 4.49. The van der Waals surface area contributed by atoms with E-state index in [0.29, 0.717) is 41.3 Å². The van der Waals surface area contributed by atoms with Gasteiger partial charge in [0.1, 0.15) is 30.1 Å².